The summed E-state index contributed by atoms with van der Waals surface area (Å²) in [6, 6.07) is 6.64. The first-order chi connectivity index (χ1) is 17.9. The van der Waals surface area contributed by atoms with E-state index in [1.165, 1.54) is 32.4 Å². The number of sulfone groups is 2. The Morgan fingerprint density at radius 3 is 1.89 bits per heavy atom. The molecular formula is C24H36N2O8S2. The molecule has 2 aromatic rings. The first-order valence-corrected chi connectivity index (χ1v) is 14.5. The van der Waals surface area contributed by atoms with Crippen LogP contribution in [0.2, 0.25) is 0 Å². The molecule has 2 rings (SSSR count). The number of rotatable bonds is 11. The van der Waals surface area contributed by atoms with Crippen LogP contribution in [0.4, 0.5) is 0 Å². The molecule has 1 atom stereocenters. The summed E-state index contributed by atoms with van der Waals surface area (Å²) < 4.78 is 89.7. The monoisotopic (exact) mass is 547 g/mol. The van der Waals surface area contributed by atoms with Gasteiger partial charge in [-0.2, -0.15) is 0 Å². The van der Waals surface area contributed by atoms with Crippen LogP contribution in [0.15, 0.2) is 41.8 Å². The first kappa shape index (κ1) is 26.1. The summed E-state index contributed by atoms with van der Waals surface area (Å²) in [7, 11) is -4.50. The summed E-state index contributed by atoms with van der Waals surface area (Å²) in [4.78, 5) is 0. The molecule has 0 aliphatic rings. The summed E-state index contributed by atoms with van der Waals surface area (Å²) in [6.07, 6.45) is 1.79. The zero-order valence-corrected chi connectivity index (χ0v) is 22.8. The Morgan fingerprint density at radius 1 is 0.944 bits per heavy atom. The standard InChI is InChI=1S/C12H19NO4S.C12H17NO4S/c2*1-4-17-12-7-9(5-6-11(12)16-2)10(13)8-18(3,14)15/h5-7,10H,4,8,13H2,1-3H3;5-8H,4,13H2,1-3H3/t10-;/m1./s1/i8D2,10D;. The minimum Gasteiger partial charge on any atom is -0.493 e. The van der Waals surface area contributed by atoms with E-state index >= 15 is 0 Å². The molecule has 36 heavy (non-hydrogen) atoms. The van der Waals surface area contributed by atoms with Gasteiger partial charge in [0.1, 0.15) is 9.84 Å². The second kappa shape index (κ2) is 14.0. The van der Waals surface area contributed by atoms with Gasteiger partial charge in [0.2, 0.25) is 0 Å². The summed E-state index contributed by atoms with van der Waals surface area (Å²) >= 11 is 0. The maximum absolute atomic E-state index is 11.6. The van der Waals surface area contributed by atoms with Gasteiger partial charge in [-0.25, -0.2) is 16.8 Å². The van der Waals surface area contributed by atoms with Crippen molar-refractivity contribution in [2.45, 2.75) is 19.9 Å². The van der Waals surface area contributed by atoms with E-state index in [1.807, 2.05) is 6.92 Å². The molecule has 0 heterocycles. The van der Waals surface area contributed by atoms with Gasteiger partial charge in [-0.3, -0.25) is 0 Å². The smallest absolute Gasteiger partial charge is 0.170 e. The quantitative estimate of drug-likeness (QED) is 0.428. The Morgan fingerprint density at radius 2 is 1.44 bits per heavy atom. The topological polar surface area (TPSA) is 157 Å². The van der Waals surface area contributed by atoms with Crippen LogP contribution in [-0.4, -0.2) is 62.5 Å². The molecule has 0 bridgehead atoms. The molecule has 0 saturated carbocycles. The minimum atomic E-state index is -4.20. The highest BCUT2D eigenvalue weighted by Crippen LogP contribution is 2.31. The highest BCUT2D eigenvalue weighted by atomic mass is 32.2. The van der Waals surface area contributed by atoms with E-state index in [0.29, 0.717) is 42.3 Å². The van der Waals surface area contributed by atoms with Crippen LogP contribution in [-0.2, 0) is 19.7 Å². The van der Waals surface area contributed by atoms with Gasteiger partial charge in [0, 0.05) is 26.8 Å². The van der Waals surface area contributed by atoms with Crippen LogP contribution in [0.5, 0.6) is 23.0 Å². The van der Waals surface area contributed by atoms with Crippen molar-refractivity contribution in [1.29, 1.82) is 0 Å². The van der Waals surface area contributed by atoms with Crippen LogP contribution in [0.25, 0.3) is 5.70 Å². The number of methoxy groups -OCH3 is 2. The molecule has 0 radical (unpaired) electrons. The maximum atomic E-state index is 11.6. The van der Waals surface area contributed by atoms with Crippen molar-refractivity contribution in [3.05, 3.63) is 52.9 Å². The van der Waals surface area contributed by atoms with Crippen LogP contribution in [0, 0.1) is 0 Å². The second-order valence-corrected chi connectivity index (χ2v) is 10.9. The predicted molar refractivity (Wildman–Crippen MR) is 142 cm³/mol. The van der Waals surface area contributed by atoms with E-state index in [9.17, 15) is 16.8 Å². The summed E-state index contributed by atoms with van der Waals surface area (Å²) in [5.41, 5.74) is 9.15. The first-order valence-electron chi connectivity index (χ1n) is 12.1. The molecule has 12 heteroatoms. The van der Waals surface area contributed by atoms with Gasteiger partial charge in [0.25, 0.3) is 0 Å². The van der Waals surface area contributed by atoms with Gasteiger partial charge < -0.3 is 30.4 Å². The lowest BCUT2D eigenvalue weighted by molar-refractivity contribution is 0.310. The fourth-order valence-electron chi connectivity index (χ4n) is 2.79. The van der Waals surface area contributed by atoms with E-state index in [-0.39, 0.29) is 17.0 Å². The summed E-state index contributed by atoms with van der Waals surface area (Å²) in [6.45, 7) is 4.41. The molecule has 0 spiro atoms. The van der Waals surface area contributed by atoms with Gasteiger partial charge >= 0.3 is 0 Å². The highest BCUT2D eigenvalue weighted by Gasteiger charge is 2.15. The van der Waals surface area contributed by atoms with E-state index in [2.05, 4.69) is 0 Å². The molecule has 0 unspecified atom stereocenters. The third kappa shape index (κ3) is 10.8. The lowest BCUT2D eigenvalue weighted by Gasteiger charge is -2.15. The fraction of sp³-hybridized carbons (Fsp3) is 0.417. The Hall–Kier alpha value is -2.96. The molecule has 0 fully saturated rings. The molecule has 202 valence electrons. The molecule has 0 aliphatic carbocycles. The van der Waals surface area contributed by atoms with Crippen molar-refractivity contribution in [3.8, 4) is 23.0 Å². The van der Waals surface area contributed by atoms with Crippen molar-refractivity contribution in [2.24, 2.45) is 11.5 Å². The van der Waals surface area contributed by atoms with Gasteiger partial charge in [-0.1, -0.05) is 6.07 Å². The molecule has 10 nitrogen and oxygen atoms in total. The molecular weight excluding hydrogens is 508 g/mol. The van der Waals surface area contributed by atoms with Crippen LogP contribution < -0.4 is 30.4 Å². The zero-order valence-electron chi connectivity index (χ0n) is 24.2. The number of benzene rings is 2. The van der Waals surface area contributed by atoms with Crippen molar-refractivity contribution in [3.63, 3.8) is 0 Å². The SMILES string of the molecule is CCOc1cc(C(N)=CS(C)(=O)=O)ccc1OC.[2H]C([2H])([C@@]([2H])(N)c1ccc(OC)c(OCC)c1)S(C)(=O)=O. The summed E-state index contributed by atoms with van der Waals surface area (Å²) in [5.74, 6) is 1.76. The Kier molecular flexibility index (Phi) is 10.1. The lowest BCUT2D eigenvalue weighted by Crippen LogP contribution is -2.20. The minimum absolute atomic E-state index is 0.0258. The average molecular weight is 548 g/mol. The van der Waals surface area contributed by atoms with E-state index in [4.69, 9.17) is 34.5 Å². The van der Waals surface area contributed by atoms with Crippen molar-refractivity contribution >= 4 is 25.4 Å². The number of nitrogens with two attached hydrogens (primary N) is 2. The predicted octanol–water partition coefficient (Wildman–Crippen LogP) is 2.53. The summed E-state index contributed by atoms with van der Waals surface area (Å²) in [5, 5.41) is 1.02. The van der Waals surface area contributed by atoms with Crippen molar-refractivity contribution in [2.75, 3.05) is 45.6 Å². The molecule has 0 aliphatic heterocycles. The average Bonchev–Trinajstić information content (AvgIpc) is 2.83. The second-order valence-electron chi connectivity index (χ2n) is 7.29. The Balaban J connectivity index is 0.000000395. The van der Waals surface area contributed by atoms with Crippen molar-refractivity contribution < 1.29 is 39.9 Å². The molecule has 0 amide bonds. The van der Waals surface area contributed by atoms with Gasteiger partial charge in [0.15, 0.2) is 32.8 Å². The largest absolute Gasteiger partial charge is 0.493 e. The Bertz CT molecular complexity index is 1380. The maximum Gasteiger partial charge on any atom is 0.170 e. The molecule has 2 aromatic carbocycles. The van der Waals surface area contributed by atoms with E-state index in [1.54, 1.807) is 25.1 Å². The normalized spacial score (nSPS) is 15.2. The van der Waals surface area contributed by atoms with Crippen LogP contribution >= 0.6 is 0 Å². The van der Waals surface area contributed by atoms with Gasteiger partial charge in [0.05, 0.1) is 45.6 Å². The third-order valence-electron chi connectivity index (χ3n) is 4.21. The van der Waals surface area contributed by atoms with Crippen LogP contribution in [0.1, 0.15) is 35.1 Å². The molecule has 4 N–H and O–H groups in total. The number of ether oxygens (including phenoxy) is 4. The zero-order chi connectivity index (χ0) is 30.2. The van der Waals surface area contributed by atoms with Gasteiger partial charge in [-0.15, -0.1) is 0 Å². The molecule has 0 saturated heterocycles. The van der Waals surface area contributed by atoms with E-state index in [0.717, 1.165) is 11.7 Å². The highest BCUT2D eigenvalue weighted by molar-refractivity contribution is 7.93. The fourth-order valence-corrected chi connectivity index (χ4v) is 3.91. The third-order valence-corrected chi connectivity index (χ3v) is 5.48. The number of hydrogen-bond donors (Lipinski definition) is 2. The molecule has 0 aromatic heterocycles. The lowest BCUT2D eigenvalue weighted by atomic mass is 10.1. The van der Waals surface area contributed by atoms with Crippen LogP contribution in [0.3, 0.4) is 0 Å². The van der Waals surface area contributed by atoms with E-state index < -0.39 is 31.4 Å². The van der Waals surface area contributed by atoms with Gasteiger partial charge in [-0.05, 0) is 49.7 Å². The Labute approximate surface area is 218 Å². The van der Waals surface area contributed by atoms with Crippen molar-refractivity contribution in [1.82, 2.24) is 0 Å². The number of hydrogen-bond acceptors (Lipinski definition) is 10.